The Kier molecular flexibility index (Phi) is 4.32. The number of nitrogens with one attached hydrogen (secondary N) is 2. The van der Waals surface area contributed by atoms with Crippen LogP contribution in [0.1, 0.15) is 31.2 Å². The fraction of sp³-hybridized carbons (Fsp3) is 0.300. The zero-order valence-corrected chi connectivity index (χ0v) is 15.1. The fourth-order valence-electron chi connectivity index (χ4n) is 3.46. The van der Waals surface area contributed by atoms with E-state index in [0.29, 0.717) is 17.1 Å². The van der Waals surface area contributed by atoms with Crippen molar-refractivity contribution in [3.8, 4) is 0 Å². The number of hydrogen-bond acceptors (Lipinski definition) is 2. The Bertz CT molecular complexity index is 846. The van der Waals surface area contributed by atoms with E-state index in [-0.39, 0.29) is 17.5 Å². The number of nitrogens with zero attached hydrogens (tertiary/aromatic N) is 1. The number of urea groups is 1. The molecule has 0 aromatic heterocycles. The van der Waals surface area contributed by atoms with Crippen LogP contribution in [0.15, 0.2) is 48.5 Å². The molecular formula is C20H20ClN3O2. The van der Waals surface area contributed by atoms with E-state index >= 15 is 0 Å². The Morgan fingerprint density at radius 1 is 1.08 bits per heavy atom. The molecule has 26 heavy (non-hydrogen) atoms. The molecule has 5 nitrogen and oxygen atoms in total. The minimum absolute atomic E-state index is 0.152. The van der Waals surface area contributed by atoms with Crippen LogP contribution in [-0.2, 0) is 10.3 Å². The van der Waals surface area contributed by atoms with E-state index in [1.54, 1.807) is 4.90 Å². The third-order valence-electron chi connectivity index (χ3n) is 5.00. The van der Waals surface area contributed by atoms with Crippen LogP contribution in [0.4, 0.5) is 16.2 Å². The van der Waals surface area contributed by atoms with Gasteiger partial charge in [0.2, 0.25) is 5.91 Å². The van der Waals surface area contributed by atoms with Gasteiger partial charge in [0.25, 0.3) is 0 Å². The summed E-state index contributed by atoms with van der Waals surface area (Å²) in [5.41, 5.74) is 2.14. The van der Waals surface area contributed by atoms with Crippen LogP contribution < -0.4 is 15.5 Å². The molecule has 3 amide bonds. The van der Waals surface area contributed by atoms with Crippen LogP contribution in [0, 0.1) is 0 Å². The monoisotopic (exact) mass is 369 g/mol. The van der Waals surface area contributed by atoms with Gasteiger partial charge < -0.3 is 15.5 Å². The van der Waals surface area contributed by atoms with Gasteiger partial charge in [-0.3, -0.25) is 4.79 Å². The molecule has 0 spiro atoms. The predicted octanol–water partition coefficient (Wildman–Crippen LogP) is 4.28. The summed E-state index contributed by atoms with van der Waals surface area (Å²) in [7, 11) is 0. The molecule has 2 aliphatic rings. The van der Waals surface area contributed by atoms with Crippen molar-refractivity contribution in [3.05, 3.63) is 59.1 Å². The summed E-state index contributed by atoms with van der Waals surface area (Å²) in [6.45, 7) is 0.756. The van der Waals surface area contributed by atoms with Crippen molar-refractivity contribution in [2.75, 3.05) is 16.8 Å². The van der Waals surface area contributed by atoms with Crippen molar-refractivity contribution in [3.63, 3.8) is 0 Å². The van der Waals surface area contributed by atoms with E-state index in [1.807, 2.05) is 48.5 Å². The van der Waals surface area contributed by atoms with Gasteiger partial charge in [-0.25, -0.2) is 4.79 Å². The first-order valence-corrected chi connectivity index (χ1v) is 9.20. The number of amides is 3. The maximum absolute atomic E-state index is 12.4. The summed E-state index contributed by atoms with van der Waals surface area (Å²) in [6, 6.07) is 14.7. The molecule has 1 saturated carbocycles. The number of rotatable bonds is 4. The third kappa shape index (κ3) is 3.27. The number of carbonyl (C=O) groups is 2. The highest BCUT2D eigenvalue weighted by molar-refractivity contribution is 6.31. The summed E-state index contributed by atoms with van der Waals surface area (Å²) < 4.78 is 0. The van der Waals surface area contributed by atoms with E-state index in [1.165, 1.54) is 0 Å². The number of carbonyl (C=O) groups excluding carboxylic acids is 2. The maximum atomic E-state index is 12.4. The van der Waals surface area contributed by atoms with Crippen LogP contribution in [-0.4, -0.2) is 18.5 Å². The molecule has 0 atom stereocenters. The van der Waals surface area contributed by atoms with Crippen LogP contribution in [0.2, 0.25) is 5.02 Å². The third-order valence-corrected chi connectivity index (χ3v) is 5.33. The molecule has 2 aromatic carbocycles. The van der Waals surface area contributed by atoms with Gasteiger partial charge in [-0.1, -0.05) is 29.8 Å². The summed E-state index contributed by atoms with van der Waals surface area (Å²) in [5, 5.41) is 6.58. The fourth-order valence-corrected chi connectivity index (χ4v) is 3.78. The number of anilines is 2. The van der Waals surface area contributed by atoms with Crippen LogP contribution in [0.3, 0.4) is 0 Å². The van der Waals surface area contributed by atoms with Gasteiger partial charge in [0, 0.05) is 29.4 Å². The highest BCUT2D eigenvalue weighted by Gasteiger charge is 2.46. The minimum atomic E-state index is -0.371. The van der Waals surface area contributed by atoms with E-state index in [9.17, 15) is 9.59 Å². The second-order valence-electron chi connectivity index (χ2n) is 6.84. The first kappa shape index (κ1) is 16.9. The van der Waals surface area contributed by atoms with Crippen LogP contribution in [0.5, 0.6) is 0 Å². The quantitative estimate of drug-likeness (QED) is 0.845. The molecular weight excluding hydrogens is 350 g/mol. The standard InChI is InChI=1S/C20H20ClN3O2/c21-17-5-2-1-4-16(17)20(11-12-20)23-19(26)22-14-7-9-15(10-8-14)24-13-3-6-18(24)25/h1-2,4-5,7-10H,3,6,11-13H2,(H2,22,23,26). The summed E-state index contributed by atoms with van der Waals surface area (Å²) in [6.07, 6.45) is 3.25. The first-order chi connectivity index (χ1) is 12.6. The highest BCUT2D eigenvalue weighted by Crippen LogP contribution is 2.47. The molecule has 134 valence electrons. The lowest BCUT2D eigenvalue weighted by Crippen LogP contribution is -2.38. The van der Waals surface area contributed by atoms with Gasteiger partial charge in [-0.15, -0.1) is 0 Å². The molecule has 0 bridgehead atoms. The highest BCUT2D eigenvalue weighted by atomic mass is 35.5. The van der Waals surface area contributed by atoms with E-state index in [2.05, 4.69) is 10.6 Å². The molecule has 1 heterocycles. The van der Waals surface area contributed by atoms with Crippen molar-refractivity contribution in [1.29, 1.82) is 0 Å². The Balaban J connectivity index is 1.41. The van der Waals surface area contributed by atoms with Crippen molar-refractivity contribution in [2.45, 2.75) is 31.2 Å². The lowest BCUT2D eigenvalue weighted by Gasteiger charge is -2.20. The molecule has 1 aliphatic heterocycles. The minimum Gasteiger partial charge on any atom is -0.328 e. The second-order valence-corrected chi connectivity index (χ2v) is 7.24. The van der Waals surface area contributed by atoms with Crippen LogP contribution in [0.25, 0.3) is 0 Å². The number of hydrogen-bond donors (Lipinski definition) is 2. The summed E-state index contributed by atoms with van der Waals surface area (Å²) in [5.74, 6) is 0.152. The number of halogens is 1. The smallest absolute Gasteiger partial charge is 0.319 e. The zero-order valence-electron chi connectivity index (χ0n) is 14.3. The average molecular weight is 370 g/mol. The van der Waals surface area contributed by atoms with Gasteiger partial charge in [0.05, 0.1) is 5.54 Å². The SMILES string of the molecule is O=C(Nc1ccc(N2CCCC2=O)cc1)NC1(c2ccccc2Cl)CC1. The number of benzene rings is 2. The van der Waals surface area contributed by atoms with Crippen molar-refractivity contribution in [1.82, 2.24) is 5.32 Å². The largest absolute Gasteiger partial charge is 0.328 e. The van der Waals surface area contributed by atoms with Gasteiger partial charge in [-0.05, 0) is 55.2 Å². The van der Waals surface area contributed by atoms with E-state index in [0.717, 1.165) is 37.1 Å². The Morgan fingerprint density at radius 3 is 2.42 bits per heavy atom. The van der Waals surface area contributed by atoms with Crippen molar-refractivity contribution in [2.24, 2.45) is 0 Å². The summed E-state index contributed by atoms with van der Waals surface area (Å²) >= 11 is 6.28. The van der Waals surface area contributed by atoms with E-state index < -0.39 is 0 Å². The molecule has 1 saturated heterocycles. The van der Waals surface area contributed by atoms with Gasteiger partial charge in [0.1, 0.15) is 0 Å². The molecule has 6 heteroatoms. The molecule has 0 unspecified atom stereocenters. The molecule has 2 aromatic rings. The lowest BCUT2D eigenvalue weighted by atomic mass is 10.1. The Morgan fingerprint density at radius 2 is 1.81 bits per heavy atom. The van der Waals surface area contributed by atoms with E-state index in [4.69, 9.17) is 11.6 Å². The summed E-state index contributed by atoms with van der Waals surface area (Å²) in [4.78, 5) is 26.0. The molecule has 2 fully saturated rings. The van der Waals surface area contributed by atoms with Gasteiger partial charge in [-0.2, -0.15) is 0 Å². The van der Waals surface area contributed by atoms with Gasteiger partial charge >= 0.3 is 6.03 Å². The second kappa shape index (κ2) is 6.65. The normalized spacial score (nSPS) is 17.9. The predicted molar refractivity (Wildman–Crippen MR) is 103 cm³/mol. The van der Waals surface area contributed by atoms with Crippen molar-refractivity contribution >= 4 is 34.9 Å². The Labute approximate surface area is 157 Å². The van der Waals surface area contributed by atoms with Crippen molar-refractivity contribution < 1.29 is 9.59 Å². The topological polar surface area (TPSA) is 61.4 Å². The molecule has 1 aliphatic carbocycles. The zero-order chi connectivity index (χ0) is 18.1. The molecule has 4 rings (SSSR count). The first-order valence-electron chi connectivity index (χ1n) is 8.82. The lowest BCUT2D eigenvalue weighted by molar-refractivity contribution is -0.117. The molecule has 2 N–H and O–H groups in total. The van der Waals surface area contributed by atoms with Gasteiger partial charge in [0.15, 0.2) is 0 Å². The molecule has 0 radical (unpaired) electrons. The van der Waals surface area contributed by atoms with Crippen LogP contribution >= 0.6 is 11.6 Å². The maximum Gasteiger partial charge on any atom is 0.319 e. The Hall–Kier alpha value is -2.53. The average Bonchev–Trinajstić information content (AvgIpc) is 3.27.